The Labute approximate surface area is 396 Å². The smallest absolute Gasteiger partial charge is 0.0739 e. The summed E-state index contributed by atoms with van der Waals surface area (Å²) in [6.45, 7) is 6.64. The van der Waals surface area contributed by atoms with Gasteiger partial charge in [-0.2, -0.15) is 0 Å². The number of pyridine rings is 3. The molecule has 334 valence electrons. The fourth-order valence-electron chi connectivity index (χ4n) is 11.8. The first-order chi connectivity index (χ1) is 32.1. The lowest BCUT2D eigenvalue weighted by Gasteiger charge is -2.32. The quantitative estimate of drug-likeness (QED) is 0.161. The molecule has 3 saturated heterocycles. The molecule has 6 aliphatic rings. The van der Waals surface area contributed by atoms with Crippen LogP contribution in [-0.4, -0.2) is 54.2 Å². The lowest BCUT2D eigenvalue weighted by atomic mass is 9.77. The minimum absolute atomic E-state index is 0.424. The second-order valence-corrected chi connectivity index (χ2v) is 19.7. The molecule has 3 fully saturated rings. The number of halogens is 2. The number of aryl methyl sites for hydroxylation is 6. The Bertz CT molecular complexity index is 2570. The summed E-state index contributed by atoms with van der Waals surface area (Å²) in [6, 6.07) is 34.8. The van der Waals surface area contributed by atoms with Crippen molar-refractivity contribution in [3.05, 3.63) is 198 Å². The van der Waals surface area contributed by atoms with Crippen molar-refractivity contribution in [2.75, 3.05) is 39.3 Å². The van der Waals surface area contributed by atoms with E-state index in [2.05, 4.69) is 94.8 Å². The third kappa shape index (κ3) is 9.89. The van der Waals surface area contributed by atoms with Crippen LogP contribution >= 0.6 is 23.2 Å². The van der Waals surface area contributed by atoms with Gasteiger partial charge in [-0.3, -0.25) is 15.0 Å². The van der Waals surface area contributed by atoms with Crippen molar-refractivity contribution in [1.29, 1.82) is 0 Å². The lowest BCUT2D eigenvalue weighted by Crippen LogP contribution is -2.31. The van der Waals surface area contributed by atoms with E-state index in [9.17, 15) is 0 Å². The largest absolute Gasteiger partial charge is 0.317 e. The average Bonchev–Trinajstić information content (AvgIpc) is 3.72. The SMILES string of the molecule is Clc1ccc2c(c1)CCc1cccnc1C2=C1CCNCC1.Clc1ccc2c(c1)CCc1cccnc1C2C1CCNCC1.c1ccc2c(c1)CCc1cccnc1C2C1CCNCC1. The molecule has 0 spiro atoms. The van der Waals surface area contributed by atoms with Gasteiger partial charge in [0.15, 0.2) is 0 Å². The van der Waals surface area contributed by atoms with Gasteiger partial charge >= 0.3 is 0 Å². The Morgan fingerprint density at radius 1 is 0.415 bits per heavy atom. The first-order valence-corrected chi connectivity index (χ1v) is 25.2. The molecule has 8 heteroatoms. The van der Waals surface area contributed by atoms with Crippen molar-refractivity contribution in [1.82, 2.24) is 30.9 Å². The Morgan fingerprint density at radius 2 is 0.892 bits per heavy atom. The van der Waals surface area contributed by atoms with E-state index >= 15 is 0 Å². The second-order valence-electron chi connectivity index (χ2n) is 18.8. The van der Waals surface area contributed by atoms with Crippen molar-refractivity contribution in [3.63, 3.8) is 0 Å². The molecular formula is C57H62Cl2N6. The van der Waals surface area contributed by atoms with E-state index in [4.69, 9.17) is 38.2 Å². The summed E-state index contributed by atoms with van der Waals surface area (Å²) in [5.74, 6) is 2.31. The Morgan fingerprint density at radius 3 is 1.55 bits per heavy atom. The van der Waals surface area contributed by atoms with E-state index in [1.165, 1.54) is 104 Å². The first-order valence-electron chi connectivity index (χ1n) is 24.4. The van der Waals surface area contributed by atoms with Crippen LogP contribution in [0.15, 0.2) is 121 Å². The fourth-order valence-corrected chi connectivity index (χ4v) is 12.2. The number of aromatic nitrogens is 3. The first kappa shape index (κ1) is 44.2. The highest BCUT2D eigenvalue weighted by Crippen LogP contribution is 2.43. The van der Waals surface area contributed by atoms with E-state index in [0.717, 1.165) is 107 Å². The summed E-state index contributed by atoms with van der Waals surface area (Å²) in [7, 11) is 0. The molecule has 0 radical (unpaired) electrons. The fraction of sp³-hybridized carbons (Fsp3) is 0.386. The highest BCUT2D eigenvalue weighted by atomic mass is 35.5. The van der Waals surface area contributed by atoms with Gasteiger partial charge in [0.25, 0.3) is 0 Å². The van der Waals surface area contributed by atoms with Crippen LogP contribution in [0.25, 0.3) is 5.57 Å². The van der Waals surface area contributed by atoms with Gasteiger partial charge in [0.1, 0.15) is 0 Å². The molecule has 0 amide bonds. The van der Waals surface area contributed by atoms with Crippen molar-refractivity contribution >= 4 is 28.8 Å². The summed E-state index contributed by atoms with van der Waals surface area (Å²) in [5, 5.41) is 12.1. The molecule has 3 aliphatic carbocycles. The number of benzene rings is 3. The van der Waals surface area contributed by atoms with E-state index in [0.29, 0.717) is 17.8 Å². The highest BCUT2D eigenvalue weighted by Gasteiger charge is 2.34. The molecule has 6 heterocycles. The topological polar surface area (TPSA) is 74.8 Å². The van der Waals surface area contributed by atoms with E-state index in [1.807, 2.05) is 36.8 Å². The molecule has 12 rings (SSSR count). The molecule has 3 aliphatic heterocycles. The van der Waals surface area contributed by atoms with Gasteiger partial charge in [-0.05, 0) is 221 Å². The van der Waals surface area contributed by atoms with Crippen molar-refractivity contribution in [2.45, 2.75) is 88.9 Å². The molecule has 0 bridgehead atoms. The zero-order valence-corrected chi connectivity index (χ0v) is 39.1. The van der Waals surface area contributed by atoms with Crippen LogP contribution in [0.2, 0.25) is 10.0 Å². The summed E-state index contributed by atoms with van der Waals surface area (Å²) in [5.41, 5.74) is 19.6. The minimum Gasteiger partial charge on any atom is -0.317 e. The molecule has 3 N–H and O–H groups in total. The number of nitrogens with zero attached hydrogens (tertiary/aromatic N) is 3. The second kappa shape index (κ2) is 20.9. The van der Waals surface area contributed by atoms with Gasteiger partial charge in [0.2, 0.25) is 0 Å². The summed E-state index contributed by atoms with van der Waals surface area (Å²) >= 11 is 12.5. The molecular weight excluding hydrogens is 840 g/mol. The number of hydrogen-bond donors (Lipinski definition) is 3. The summed E-state index contributed by atoms with van der Waals surface area (Å²) in [6.07, 6.45) is 19.5. The van der Waals surface area contributed by atoms with E-state index in [-0.39, 0.29) is 0 Å². The van der Waals surface area contributed by atoms with Crippen LogP contribution in [-0.2, 0) is 38.5 Å². The number of piperidine rings is 3. The number of fused-ring (bicyclic) bond motifs is 6. The Hall–Kier alpha value is -4.69. The standard InChI is InChI=1S/C19H21ClN2.C19H19ClN2.C19H22N2/c2*20-16-5-6-17-15(12-16)4-3-14-2-1-9-22-19(14)18(17)13-7-10-21-11-8-13;1-2-6-17-14(4-1)7-8-16-5-3-11-21-19(16)18(17)15-9-12-20-13-10-15/h1-2,5-6,9,12-13,18,21H,3-4,7-8,10-11H2;1-2,5-6,9,12,21H,3-4,7-8,10-11H2;1-6,11,15,18,20H,7-10,12-13H2. The molecule has 3 aromatic carbocycles. The third-order valence-corrected chi connectivity index (χ3v) is 15.5. The molecule has 6 nitrogen and oxygen atoms in total. The Kier molecular flexibility index (Phi) is 14.2. The predicted molar refractivity (Wildman–Crippen MR) is 267 cm³/mol. The van der Waals surface area contributed by atoms with Gasteiger partial charge in [0.05, 0.1) is 17.1 Å². The zero-order chi connectivity index (χ0) is 44.0. The molecule has 65 heavy (non-hydrogen) atoms. The van der Waals surface area contributed by atoms with Crippen LogP contribution in [0.4, 0.5) is 0 Å². The molecule has 6 aromatic rings. The minimum atomic E-state index is 0.424. The van der Waals surface area contributed by atoms with E-state index in [1.54, 1.807) is 0 Å². The number of rotatable bonds is 2. The average molecular weight is 902 g/mol. The van der Waals surface area contributed by atoms with Gasteiger partial charge < -0.3 is 16.0 Å². The maximum Gasteiger partial charge on any atom is 0.0739 e. The van der Waals surface area contributed by atoms with Crippen LogP contribution in [0.1, 0.15) is 118 Å². The van der Waals surface area contributed by atoms with Crippen LogP contribution in [0.5, 0.6) is 0 Å². The van der Waals surface area contributed by atoms with Crippen LogP contribution in [0.3, 0.4) is 0 Å². The molecule has 3 aromatic heterocycles. The van der Waals surface area contributed by atoms with Crippen LogP contribution < -0.4 is 16.0 Å². The van der Waals surface area contributed by atoms with Gasteiger partial charge in [0, 0.05) is 46.0 Å². The predicted octanol–water partition coefficient (Wildman–Crippen LogP) is 11.3. The zero-order valence-electron chi connectivity index (χ0n) is 37.6. The monoisotopic (exact) mass is 900 g/mol. The maximum absolute atomic E-state index is 6.25. The summed E-state index contributed by atoms with van der Waals surface area (Å²) in [4.78, 5) is 14.4. The molecule has 2 unspecified atom stereocenters. The normalized spacial score (nSPS) is 20.5. The van der Waals surface area contributed by atoms with Crippen molar-refractivity contribution < 1.29 is 0 Å². The van der Waals surface area contributed by atoms with Crippen LogP contribution in [0, 0.1) is 11.8 Å². The van der Waals surface area contributed by atoms with Gasteiger partial charge in [-0.25, -0.2) is 0 Å². The molecule has 2 atom stereocenters. The van der Waals surface area contributed by atoms with E-state index < -0.39 is 0 Å². The third-order valence-electron chi connectivity index (χ3n) is 15.0. The van der Waals surface area contributed by atoms with Gasteiger partial charge in [-0.1, -0.05) is 83.4 Å². The Balaban J connectivity index is 0.000000115. The summed E-state index contributed by atoms with van der Waals surface area (Å²) < 4.78 is 0. The highest BCUT2D eigenvalue weighted by molar-refractivity contribution is 6.31. The number of hydrogen-bond acceptors (Lipinski definition) is 6. The van der Waals surface area contributed by atoms with Crippen molar-refractivity contribution in [3.8, 4) is 0 Å². The number of nitrogens with one attached hydrogen (secondary N) is 3. The lowest BCUT2D eigenvalue weighted by molar-refractivity contribution is 0.338. The van der Waals surface area contributed by atoms with Crippen molar-refractivity contribution in [2.24, 2.45) is 11.8 Å². The maximum atomic E-state index is 6.25. The molecule has 0 saturated carbocycles. The van der Waals surface area contributed by atoms with Gasteiger partial charge in [-0.15, -0.1) is 0 Å².